The normalized spacial score (nSPS) is 14.6. The summed E-state index contributed by atoms with van der Waals surface area (Å²) < 4.78 is 1.42. The Morgan fingerprint density at radius 3 is 2.50 bits per heavy atom. The van der Waals surface area contributed by atoms with Crippen LogP contribution in [0.1, 0.15) is 33.6 Å². The summed E-state index contributed by atoms with van der Waals surface area (Å²) in [4.78, 5) is 39.1. The summed E-state index contributed by atoms with van der Waals surface area (Å²) in [5.74, 6) is 0.0268. The Kier molecular flexibility index (Phi) is 5.65. The van der Waals surface area contributed by atoms with Crippen LogP contribution in [0, 0.1) is 5.92 Å². The van der Waals surface area contributed by atoms with Gasteiger partial charge in [-0.3, -0.25) is 14.4 Å². The highest BCUT2D eigenvalue weighted by molar-refractivity contribution is 5.98. The number of benzene rings is 2. The number of nitrogens with zero attached hydrogens (tertiary/aromatic N) is 2. The van der Waals surface area contributed by atoms with E-state index in [0.717, 1.165) is 23.6 Å². The van der Waals surface area contributed by atoms with Crippen LogP contribution in [-0.4, -0.2) is 40.9 Å². The zero-order chi connectivity index (χ0) is 21.1. The lowest BCUT2D eigenvalue weighted by Crippen LogP contribution is -2.43. The van der Waals surface area contributed by atoms with Crippen molar-refractivity contribution in [3.05, 3.63) is 82.3 Å². The van der Waals surface area contributed by atoms with Crippen molar-refractivity contribution in [1.29, 1.82) is 0 Å². The first-order valence-electron chi connectivity index (χ1n) is 10.2. The quantitative estimate of drug-likeness (QED) is 0.728. The second kappa shape index (κ2) is 8.53. The van der Waals surface area contributed by atoms with E-state index in [2.05, 4.69) is 5.32 Å². The summed E-state index contributed by atoms with van der Waals surface area (Å²) in [5, 5.41) is 5.19. The van der Waals surface area contributed by atoms with Crippen molar-refractivity contribution in [1.82, 2.24) is 14.8 Å². The number of likely N-dealkylation sites (tertiary alicyclic amines) is 1. The lowest BCUT2D eigenvalue weighted by atomic mass is 9.96. The van der Waals surface area contributed by atoms with Gasteiger partial charge in [0.15, 0.2) is 0 Å². The molecule has 0 unspecified atom stereocenters. The Bertz CT molecular complexity index is 1140. The van der Waals surface area contributed by atoms with Gasteiger partial charge in [-0.25, -0.2) is 0 Å². The van der Waals surface area contributed by atoms with Gasteiger partial charge in [-0.2, -0.15) is 0 Å². The molecule has 3 aromatic rings. The van der Waals surface area contributed by atoms with Crippen molar-refractivity contribution in [2.24, 2.45) is 13.0 Å². The Morgan fingerprint density at radius 1 is 1.00 bits per heavy atom. The molecule has 0 aliphatic carbocycles. The molecular formula is C24H25N3O3. The smallest absolute Gasteiger partial charge is 0.263 e. The number of nitrogens with one attached hydrogen (secondary N) is 1. The van der Waals surface area contributed by atoms with Gasteiger partial charge in [0.25, 0.3) is 17.4 Å². The number of fused-ring (bicyclic) bond motifs is 1. The molecule has 2 heterocycles. The maximum Gasteiger partial charge on any atom is 0.263 e. The molecule has 0 saturated carbocycles. The Balaban J connectivity index is 1.31. The number of aryl methyl sites for hydroxylation is 1. The molecule has 1 fully saturated rings. The van der Waals surface area contributed by atoms with Gasteiger partial charge in [0.05, 0.1) is 0 Å². The Morgan fingerprint density at radius 2 is 1.73 bits per heavy atom. The van der Waals surface area contributed by atoms with Crippen LogP contribution in [0.4, 0.5) is 0 Å². The molecule has 2 aromatic carbocycles. The fourth-order valence-electron chi connectivity index (χ4n) is 3.94. The highest BCUT2D eigenvalue weighted by Gasteiger charge is 2.25. The first kappa shape index (κ1) is 19.9. The Labute approximate surface area is 175 Å². The lowest BCUT2D eigenvalue weighted by molar-refractivity contribution is 0.0682. The third kappa shape index (κ3) is 4.13. The Hall–Kier alpha value is -3.41. The molecule has 0 bridgehead atoms. The van der Waals surface area contributed by atoms with E-state index in [1.54, 1.807) is 30.3 Å². The highest BCUT2D eigenvalue weighted by Crippen LogP contribution is 2.19. The van der Waals surface area contributed by atoms with E-state index in [1.165, 1.54) is 4.57 Å². The predicted molar refractivity (Wildman–Crippen MR) is 117 cm³/mol. The number of aromatic nitrogens is 1. The van der Waals surface area contributed by atoms with E-state index in [9.17, 15) is 14.4 Å². The fraction of sp³-hybridized carbons (Fsp3) is 0.292. The molecule has 154 valence electrons. The van der Waals surface area contributed by atoms with Gasteiger partial charge in [0.2, 0.25) is 0 Å². The van der Waals surface area contributed by atoms with Crippen LogP contribution in [0.2, 0.25) is 0 Å². The van der Waals surface area contributed by atoms with Crippen LogP contribution in [0.15, 0.2) is 65.6 Å². The molecule has 1 aromatic heterocycles. The van der Waals surface area contributed by atoms with Crippen molar-refractivity contribution < 1.29 is 9.59 Å². The van der Waals surface area contributed by atoms with Crippen molar-refractivity contribution in [3.63, 3.8) is 0 Å². The van der Waals surface area contributed by atoms with Gasteiger partial charge in [0, 0.05) is 38.4 Å². The van der Waals surface area contributed by atoms with Gasteiger partial charge in [-0.15, -0.1) is 0 Å². The maximum atomic E-state index is 12.7. The maximum absolute atomic E-state index is 12.7. The molecule has 2 amide bonds. The fourth-order valence-corrected chi connectivity index (χ4v) is 3.94. The molecule has 6 heteroatoms. The minimum Gasteiger partial charge on any atom is -0.352 e. The van der Waals surface area contributed by atoms with Crippen LogP contribution < -0.4 is 10.9 Å². The molecular weight excluding hydrogens is 378 g/mol. The largest absolute Gasteiger partial charge is 0.352 e. The molecule has 1 aliphatic rings. The first-order valence-corrected chi connectivity index (χ1v) is 10.2. The molecule has 0 spiro atoms. The number of pyridine rings is 1. The van der Waals surface area contributed by atoms with Crippen molar-refractivity contribution in [2.45, 2.75) is 12.8 Å². The van der Waals surface area contributed by atoms with Gasteiger partial charge in [-0.1, -0.05) is 30.3 Å². The third-order valence-corrected chi connectivity index (χ3v) is 5.82. The summed E-state index contributed by atoms with van der Waals surface area (Å²) in [6, 6.07) is 17.0. The zero-order valence-electron chi connectivity index (χ0n) is 17.0. The van der Waals surface area contributed by atoms with Crippen LogP contribution in [0.5, 0.6) is 0 Å². The second-order valence-corrected chi connectivity index (χ2v) is 7.85. The molecule has 1 N–H and O–H groups in total. The molecule has 1 saturated heterocycles. The van der Waals surface area contributed by atoms with E-state index in [-0.39, 0.29) is 22.9 Å². The molecule has 1 aliphatic heterocycles. The summed E-state index contributed by atoms with van der Waals surface area (Å²) in [6.45, 7) is 1.77. The minimum atomic E-state index is -0.271. The second-order valence-electron chi connectivity index (χ2n) is 7.85. The number of carbonyl (C=O) groups is 2. The number of rotatable bonds is 4. The number of carbonyl (C=O) groups excluding carboxylic acids is 2. The minimum absolute atomic E-state index is 0.0768. The van der Waals surface area contributed by atoms with E-state index in [4.69, 9.17) is 0 Å². The van der Waals surface area contributed by atoms with E-state index >= 15 is 0 Å². The average molecular weight is 403 g/mol. The number of piperidine rings is 1. The lowest BCUT2D eigenvalue weighted by Gasteiger charge is -2.32. The third-order valence-electron chi connectivity index (χ3n) is 5.82. The van der Waals surface area contributed by atoms with Gasteiger partial charge in [0.1, 0.15) is 5.56 Å². The van der Waals surface area contributed by atoms with Crippen molar-refractivity contribution in [3.8, 4) is 0 Å². The zero-order valence-corrected chi connectivity index (χ0v) is 17.0. The SMILES string of the molecule is Cn1cccc(C(=O)N2CCC(CNC(=O)c3ccc4ccccc4c3)CC2)c1=O. The topological polar surface area (TPSA) is 71.4 Å². The van der Waals surface area contributed by atoms with Crippen LogP contribution in [0.3, 0.4) is 0 Å². The van der Waals surface area contributed by atoms with Crippen molar-refractivity contribution >= 4 is 22.6 Å². The summed E-state index contributed by atoms with van der Waals surface area (Å²) in [6.07, 6.45) is 3.25. The number of hydrogen-bond donors (Lipinski definition) is 1. The standard InChI is InChI=1S/C24H25N3O3/c1-26-12-4-7-21(23(26)29)24(30)27-13-10-17(11-14-27)16-25-22(28)20-9-8-18-5-2-3-6-19(18)15-20/h2-9,12,15,17H,10-11,13-14,16H2,1H3,(H,25,28). The van der Waals surface area contributed by atoms with Crippen molar-refractivity contribution in [2.75, 3.05) is 19.6 Å². The number of amides is 2. The molecule has 4 rings (SSSR count). The van der Waals surface area contributed by atoms with Crippen LogP contribution in [-0.2, 0) is 7.05 Å². The van der Waals surface area contributed by atoms with Crippen LogP contribution in [0.25, 0.3) is 10.8 Å². The molecule has 0 atom stereocenters. The molecule has 6 nitrogen and oxygen atoms in total. The van der Waals surface area contributed by atoms with Gasteiger partial charge in [-0.05, 0) is 53.8 Å². The number of hydrogen-bond acceptors (Lipinski definition) is 3. The van der Waals surface area contributed by atoms with E-state index in [0.29, 0.717) is 31.1 Å². The van der Waals surface area contributed by atoms with Crippen LogP contribution >= 0.6 is 0 Å². The summed E-state index contributed by atoms with van der Waals surface area (Å²) >= 11 is 0. The van der Waals surface area contributed by atoms with E-state index in [1.807, 2.05) is 42.5 Å². The molecule has 30 heavy (non-hydrogen) atoms. The van der Waals surface area contributed by atoms with Gasteiger partial charge >= 0.3 is 0 Å². The van der Waals surface area contributed by atoms with Gasteiger partial charge < -0.3 is 14.8 Å². The summed E-state index contributed by atoms with van der Waals surface area (Å²) in [7, 11) is 1.64. The van der Waals surface area contributed by atoms with E-state index < -0.39 is 0 Å². The highest BCUT2D eigenvalue weighted by atomic mass is 16.2. The molecule has 0 radical (unpaired) electrons. The first-order chi connectivity index (χ1) is 14.5. The summed E-state index contributed by atoms with van der Waals surface area (Å²) in [5.41, 5.74) is 0.594. The monoisotopic (exact) mass is 403 g/mol. The average Bonchev–Trinajstić information content (AvgIpc) is 2.79. The predicted octanol–water partition coefficient (Wildman–Crippen LogP) is 2.82.